The van der Waals surface area contributed by atoms with Crippen molar-refractivity contribution in [2.75, 3.05) is 19.8 Å². The predicted octanol–water partition coefficient (Wildman–Crippen LogP) is 3.92. The van der Waals surface area contributed by atoms with E-state index in [4.69, 9.17) is 4.74 Å². The molecule has 0 bridgehead atoms. The van der Waals surface area contributed by atoms with E-state index >= 15 is 0 Å². The first-order valence-electron chi connectivity index (χ1n) is 12.0. The van der Waals surface area contributed by atoms with Crippen LogP contribution in [0.2, 0.25) is 0 Å². The lowest BCUT2D eigenvalue weighted by Crippen LogP contribution is -2.50. The fourth-order valence-corrected chi connectivity index (χ4v) is 6.41. The fraction of sp³-hybridized carbons (Fsp3) is 0.423. The Hall–Kier alpha value is -2.68. The molecular weight excluding hydrogens is 450 g/mol. The van der Waals surface area contributed by atoms with Crippen molar-refractivity contribution >= 4 is 26.8 Å². The normalized spacial score (nSPS) is 23.8. The van der Waals surface area contributed by atoms with Crippen molar-refractivity contribution in [2.24, 2.45) is 5.92 Å². The number of nitrogens with one attached hydrogen (secondary N) is 2. The Labute approximate surface area is 200 Å². The zero-order chi connectivity index (χ0) is 23.7. The van der Waals surface area contributed by atoms with Crippen LogP contribution in [0.15, 0.2) is 59.5 Å². The van der Waals surface area contributed by atoms with E-state index in [2.05, 4.69) is 9.71 Å². The van der Waals surface area contributed by atoms with E-state index in [1.54, 1.807) is 12.1 Å². The van der Waals surface area contributed by atoms with E-state index in [9.17, 15) is 13.2 Å². The topological polar surface area (TPSA) is 91.5 Å². The molecule has 2 heterocycles. The van der Waals surface area contributed by atoms with Crippen molar-refractivity contribution in [3.8, 4) is 11.3 Å². The zero-order valence-corrected chi connectivity index (χ0v) is 20.2. The number of carbonyl (C=O) groups is 1. The molecule has 0 radical (unpaired) electrons. The van der Waals surface area contributed by atoms with Crippen LogP contribution >= 0.6 is 0 Å². The monoisotopic (exact) mass is 481 g/mol. The number of amides is 1. The third-order valence-corrected chi connectivity index (χ3v) is 8.56. The Morgan fingerprint density at radius 1 is 1.06 bits per heavy atom. The van der Waals surface area contributed by atoms with Crippen molar-refractivity contribution in [1.29, 1.82) is 0 Å². The number of hydrogen-bond donors (Lipinski definition) is 2. The molecule has 1 amide bonds. The van der Waals surface area contributed by atoms with E-state index in [1.807, 2.05) is 54.3 Å². The lowest BCUT2D eigenvalue weighted by molar-refractivity contribution is -0.144. The Bertz CT molecular complexity index is 1260. The van der Waals surface area contributed by atoms with E-state index in [1.165, 1.54) is 0 Å². The van der Waals surface area contributed by atoms with Crippen molar-refractivity contribution in [3.63, 3.8) is 0 Å². The van der Waals surface area contributed by atoms with Crippen LogP contribution in [-0.4, -0.2) is 56.1 Å². The second kappa shape index (κ2) is 9.52. The number of morpholine rings is 1. The minimum Gasteiger partial charge on any atom is -0.377 e. The molecule has 180 valence electrons. The summed E-state index contributed by atoms with van der Waals surface area (Å²) in [6.45, 7) is 3.82. The SMILES string of the molecule is C[C@H]1COCCN1C(=O)C1CCC(NS(=O)(=O)c2ccc3cc(-c4ccccc4)[nH]c3c2)CC1. The highest BCUT2D eigenvalue weighted by molar-refractivity contribution is 7.89. The number of rotatable bonds is 5. The molecular formula is C26H31N3O4S. The van der Waals surface area contributed by atoms with Gasteiger partial charge in [-0.2, -0.15) is 0 Å². The van der Waals surface area contributed by atoms with Gasteiger partial charge in [0.2, 0.25) is 15.9 Å². The second-order valence-corrected chi connectivity index (χ2v) is 11.1. The van der Waals surface area contributed by atoms with Crippen LogP contribution in [0.3, 0.4) is 0 Å². The van der Waals surface area contributed by atoms with E-state index in [-0.39, 0.29) is 28.8 Å². The molecule has 1 atom stereocenters. The molecule has 2 aliphatic rings. The molecule has 1 aliphatic heterocycles. The highest BCUT2D eigenvalue weighted by Crippen LogP contribution is 2.29. The average molecular weight is 482 g/mol. The van der Waals surface area contributed by atoms with Gasteiger partial charge in [-0.1, -0.05) is 36.4 Å². The molecule has 1 aromatic heterocycles. The molecule has 1 saturated carbocycles. The van der Waals surface area contributed by atoms with Gasteiger partial charge in [0, 0.05) is 35.1 Å². The fourth-order valence-electron chi connectivity index (χ4n) is 5.08. The number of hydrogen-bond acceptors (Lipinski definition) is 4. The molecule has 1 aliphatic carbocycles. The standard InChI is InChI=1S/C26H31N3O4S/c1-18-17-33-14-13-29(18)26(30)20-7-10-22(11-8-20)28-34(31,32)23-12-9-21-15-24(27-25(21)16-23)19-5-3-2-4-6-19/h2-6,9,12,15-16,18,20,22,27-28H,7-8,10-11,13-14,17H2,1H3/t18-,20?,22?/m0/s1. The predicted molar refractivity (Wildman–Crippen MR) is 132 cm³/mol. The number of H-pyrrole nitrogens is 1. The minimum absolute atomic E-state index is 0.0343. The van der Waals surface area contributed by atoms with Crippen LogP contribution in [0.25, 0.3) is 22.2 Å². The van der Waals surface area contributed by atoms with Gasteiger partial charge < -0.3 is 14.6 Å². The number of ether oxygens (including phenoxy) is 1. The summed E-state index contributed by atoms with van der Waals surface area (Å²) >= 11 is 0. The Morgan fingerprint density at radius 2 is 1.82 bits per heavy atom. The van der Waals surface area contributed by atoms with Crippen molar-refractivity contribution in [1.82, 2.24) is 14.6 Å². The molecule has 7 nitrogen and oxygen atoms in total. The Kier molecular flexibility index (Phi) is 6.46. The number of benzene rings is 2. The van der Waals surface area contributed by atoms with Gasteiger partial charge in [-0.05, 0) is 56.4 Å². The molecule has 0 unspecified atom stereocenters. The maximum Gasteiger partial charge on any atom is 0.240 e. The van der Waals surface area contributed by atoms with Gasteiger partial charge in [-0.15, -0.1) is 0 Å². The molecule has 5 rings (SSSR count). The van der Waals surface area contributed by atoms with Gasteiger partial charge in [-0.3, -0.25) is 4.79 Å². The summed E-state index contributed by atoms with van der Waals surface area (Å²) in [6.07, 6.45) is 2.73. The molecule has 34 heavy (non-hydrogen) atoms. The molecule has 8 heteroatoms. The summed E-state index contributed by atoms with van der Waals surface area (Å²) in [7, 11) is -3.66. The quantitative estimate of drug-likeness (QED) is 0.578. The van der Waals surface area contributed by atoms with Crippen LogP contribution < -0.4 is 4.72 Å². The second-order valence-electron chi connectivity index (χ2n) is 9.42. The third-order valence-electron chi connectivity index (χ3n) is 7.04. The van der Waals surface area contributed by atoms with Crippen molar-refractivity contribution in [3.05, 3.63) is 54.6 Å². The van der Waals surface area contributed by atoms with Crippen molar-refractivity contribution in [2.45, 2.75) is 49.6 Å². The average Bonchev–Trinajstić information content (AvgIpc) is 3.28. The summed E-state index contributed by atoms with van der Waals surface area (Å²) in [5.41, 5.74) is 2.80. The first-order chi connectivity index (χ1) is 16.4. The third kappa shape index (κ3) is 4.76. The van der Waals surface area contributed by atoms with Gasteiger partial charge in [0.05, 0.1) is 24.2 Å². The number of fused-ring (bicyclic) bond motifs is 1. The van der Waals surface area contributed by atoms with Crippen molar-refractivity contribution < 1.29 is 17.9 Å². The first-order valence-corrected chi connectivity index (χ1v) is 13.5. The van der Waals surface area contributed by atoms with Crippen LogP contribution in [0.4, 0.5) is 0 Å². The largest absolute Gasteiger partial charge is 0.377 e. The maximum atomic E-state index is 13.1. The Morgan fingerprint density at radius 3 is 2.56 bits per heavy atom. The van der Waals surface area contributed by atoms with E-state index < -0.39 is 10.0 Å². The summed E-state index contributed by atoms with van der Waals surface area (Å²) in [5.74, 6) is 0.150. The smallest absolute Gasteiger partial charge is 0.240 e. The first kappa shape index (κ1) is 23.1. The van der Waals surface area contributed by atoms with Gasteiger partial charge >= 0.3 is 0 Å². The molecule has 0 spiro atoms. The van der Waals surface area contributed by atoms with Gasteiger partial charge in [0.15, 0.2) is 0 Å². The van der Waals surface area contributed by atoms with Gasteiger partial charge in [-0.25, -0.2) is 13.1 Å². The maximum absolute atomic E-state index is 13.1. The van der Waals surface area contributed by atoms with Crippen LogP contribution in [0, 0.1) is 5.92 Å². The molecule has 2 fully saturated rings. The summed E-state index contributed by atoms with van der Waals surface area (Å²) in [6, 6.07) is 17.1. The number of carbonyl (C=O) groups excluding carboxylic acids is 1. The molecule has 1 saturated heterocycles. The van der Waals surface area contributed by atoms with E-state index in [0.717, 1.165) is 22.2 Å². The zero-order valence-electron chi connectivity index (χ0n) is 19.4. The summed E-state index contributed by atoms with van der Waals surface area (Å²) in [5, 5.41) is 0.967. The highest BCUT2D eigenvalue weighted by Gasteiger charge is 2.34. The molecule has 2 aromatic carbocycles. The number of nitrogens with zero attached hydrogens (tertiary/aromatic N) is 1. The minimum atomic E-state index is -3.66. The summed E-state index contributed by atoms with van der Waals surface area (Å²) < 4.78 is 34.5. The number of sulfonamides is 1. The number of aromatic amines is 1. The molecule has 2 N–H and O–H groups in total. The lowest BCUT2D eigenvalue weighted by atomic mass is 9.85. The highest BCUT2D eigenvalue weighted by atomic mass is 32.2. The summed E-state index contributed by atoms with van der Waals surface area (Å²) in [4.78, 5) is 18.4. The van der Waals surface area contributed by atoms with Gasteiger partial charge in [0.1, 0.15) is 0 Å². The van der Waals surface area contributed by atoms with Crippen LogP contribution in [0.1, 0.15) is 32.6 Å². The van der Waals surface area contributed by atoms with Crippen LogP contribution in [0.5, 0.6) is 0 Å². The van der Waals surface area contributed by atoms with Crippen LogP contribution in [-0.2, 0) is 19.6 Å². The van der Waals surface area contributed by atoms with Gasteiger partial charge in [0.25, 0.3) is 0 Å². The van der Waals surface area contributed by atoms with E-state index in [0.29, 0.717) is 45.4 Å². The number of aromatic nitrogens is 1. The Balaban J connectivity index is 1.24. The molecule has 3 aromatic rings. The lowest BCUT2D eigenvalue weighted by Gasteiger charge is -2.37.